The quantitative estimate of drug-likeness (QED) is 0.746. The Morgan fingerprint density at radius 2 is 2.38 bits per heavy atom. The van der Waals surface area contributed by atoms with Crippen LogP contribution < -0.4 is 5.73 Å². The molecule has 0 fully saturated rings. The standard InChI is InChI=1S/C8H5N3OS/c9-3-5-1-7(13-4-5)6-2-8(10)12-11-6/h1-2,4H,10H2. The minimum absolute atomic E-state index is 0.280. The summed E-state index contributed by atoms with van der Waals surface area (Å²) in [4.78, 5) is 0.886. The van der Waals surface area contributed by atoms with Crippen LogP contribution in [-0.4, -0.2) is 5.16 Å². The third-order valence-corrected chi connectivity index (χ3v) is 2.46. The van der Waals surface area contributed by atoms with Gasteiger partial charge in [0, 0.05) is 11.4 Å². The van der Waals surface area contributed by atoms with Crippen molar-refractivity contribution < 1.29 is 4.52 Å². The van der Waals surface area contributed by atoms with Gasteiger partial charge in [0.15, 0.2) is 0 Å². The van der Waals surface area contributed by atoms with Crippen LogP contribution in [0.3, 0.4) is 0 Å². The highest BCUT2D eigenvalue weighted by molar-refractivity contribution is 7.13. The molecule has 5 heteroatoms. The summed E-state index contributed by atoms with van der Waals surface area (Å²) in [7, 11) is 0. The zero-order valence-electron chi connectivity index (χ0n) is 6.52. The lowest BCUT2D eigenvalue weighted by Crippen LogP contribution is -1.75. The van der Waals surface area contributed by atoms with E-state index in [-0.39, 0.29) is 5.88 Å². The van der Waals surface area contributed by atoms with Crippen molar-refractivity contribution in [1.29, 1.82) is 5.26 Å². The van der Waals surface area contributed by atoms with Crippen LogP contribution in [0, 0.1) is 11.3 Å². The molecule has 0 aliphatic rings. The number of hydrogen-bond donors (Lipinski definition) is 1. The first-order chi connectivity index (χ1) is 6.29. The fourth-order valence-electron chi connectivity index (χ4n) is 0.935. The average molecular weight is 191 g/mol. The summed E-state index contributed by atoms with van der Waals surface area (Å²) in [5.74, 6) is 0.280. The number of hydrogen-bond acceptors (Lipinski definition) is 5. The van der Waals surface area contributed by atoms with Gasteiger partial charge < -0.3 is 10.3 Å². The van der Waals surface area contributed by atoms with Gasteiger partial charge in [-0.15, -0.1) is 11.3 Å². The van der Waals surface area contributed by atoms with Crippen LogP contribution in [0.25, 0.3) is 10.6 Å². The molecule has 2 aromatic rings. The van der Waals surface area contributed by atoms with E-state index in [0.29, 0.717) is 11.3 Å². The molecule has 0 atom stereocenters. The molecule has 2 aromatic heterocycles. The number of aromatic nitrogens is 1. The molecule has 4 nitrogen and oxygen atoms in total. The largest absolute Gasteiger partial charge is 0.368 e. The van der Waals surface area contributed by atoms with Gasteiger partial charge in [-0.3, -0.25) is 0 Å². The summed E-state index contributed by atoms with van der Waals surface area (Å²) in [5, 5.41) is 14.1. The topological polar surface area (TPSA) is 75.8 Å². The van der Waals surface area contributed by atoms with Crippen molar-refractivity contribution in [2.45, 2.75) is 0 Å². The molecule has 0 aliphatic carbocycles. The average Bonchev–Trinajstić information content (AvgIpc) is 2.71. The second kappa shape index (κ2) is 2.92. The maximum atomic E-state index is 8.59. The summed E-state index contributed by atoms with van der Waals surface area (Å²) >= 11 is 1.44. The molecule has 0 saturated carbocycles. The molecule has 2 N–H and O–H groups in total. The predicted octanol–water partition coefficient (Wildman–Crippen LogP) is 1.86. The van der Waals surface area contributed by atoms with Gasteiger partial charge in [0.1, 0.15) is 11.8 Å². The number of anilines is 1. The normalized spacial score (nSPS) is 9.77. The van der Waals surface area contributed by atoms with Crippen molar-refractivity contribution >= 4 is 17.2 Å². The molecule has 0 amide bonds. The van der Waals surface area contributed by atoms with Crippen molar-refractivity contribution in [2.75, 3.05) is 5.73 Å². The molecular formula is C8H5N3OS. The van der Waals surface area contributed by atoms with Gasteiger partial charge in [-0.2, -0.15) is 5.26 Å². The number of rotatable bonds is 1. The van der Waals surface area contributed by atoms with Crippen molar-refractivity contribution in [3.8, 4) is 16.6 Å². The Hall–Kier alpha value is -1.80. The lowest BCUT2D eigenvalue weighted by Gasteiger charge is -1.82. The first-order valence-electron chi connectivity index (χ1n) is 3.51. The Morgan fingerprint density at radius 3 is 2.92 bits per heavy atom. The molecule has 0 saturated heterocycles. The third kappa shape index (κ3) is 1.39. The predicted molar refractivity (Wildman–Crippen MR) is 48.9 cm³/mol. The molecule has 0 aliphatic heterocycles. The van der Waals surface area contributed by atoms with Crippen LogP contribution in [0.15, 0.2) is 22.0 Å². The van der Waals surface area contributed by atoms with E-state index in [1.165, 1.54) is 11.3 Å². The summed E-state index contributed by atoms with van der Waals surface area (Å²) in [6, 6.07) is 5.43. The van der Waals surface area contributed by atoms with Crippen LogP contribution in [0.4, 0.5) is 5.88 Å². The van der Waals surface area contributed by atoms with Crippen LogP contribution in [0.1, 0.15) is 5.56 Å². The van der Waals surface area contributed by atoms with Crippen molar-refractivity contribution in [3.05, 3.63) is 23.1 Å². The molecule has 0 spiro atoms. The van der Waals surface area contributed by atoms with E-state index in [1.54, 1.807) is 17.5 Å². The number of nitrogen functional groups attached to an aromatic ring is 1. The van der Waals surface area contributed by atoms with Gasteiger partial charge in [0.2, 0.25) is 5.88 Å². The third-order valence-electron chi connectivity index (χ3n) is 1.51. The number of nitrogens with two attached hydrogens (primary N) is 1. The molecule has 2 rings (SSSR count). The van der Waals surface area contributed by atoms with Crippen molar-refractivity contribution in [2.24, 2.45) is 0 Å². The Morgan fingerprint density at radius 1 is 1.54 bits per heavy atom. The Labute approximate surface area is 78.2 Å². The second-order valence-corrected chi connectivity index (χ2v) is 3.34. The summed E-state index contributed by atoms with van der Waals surface area (Å²) in [5.41, 5.74) is 6.66. The molecule has 0 bridgehead atoms. The van der Waals surface area contributed by atoms with Gasteiger partial charge in [-0.05, 0) is 6.07 Å². The van der Waals surface area contributed by atoms with Gasteiger partial charge in [0.25, 0.3) is 0 Å². The van der Waals surface area contributed by atoms with Crippen molar-refractivity contribution in [3.63, 3.8) is 0 Å². The smallest absolute Gasteiger partial charge is 0.222 e. The minimum atomic E-state index is 0.280. The molecule has 2 heterocycles. The van der Waals surface area contributed by atoms with Crippen LogP contribution in [0.2, 0.25) is 0 Å². The Kier molecular flexibility index (Phi) is 1.76. The fourth-order valence-corrected chi connectivity index (χ4v) is 1.72. The van der Waals surface area contributed by atoms with E-state index < -0.39 is 0 Å². The monoisotopic (exact) mass is 191 g/mol. The Balaban J connectivity index is 2.42. The highest BCUT2D eigenvalue weighted by Gasteiger charge is 2.06. The van der Waals surface area contributed by atoms with Crippen molar-refractivity contribution in [1.82, 2.24) is 5.16 Å². The van der Waals surface area contributed by atoms with E-state index in [0.717, 1.165) is 4.88 Å². The zero-order valence-corrected chi connectivity index (χ0v) is 7.34. The summed E-state index contributed by atoms with van der Waals surface area (Å²) in [6.45, 7) is 0. The lowest BCUT2D eigenvalue weighted by atomic mass is 10.3. The maximum Gasteiger partial charge on any atom is 0.222 e. The zero-order chi connectivity index (χ0) is 9.26. The first-order valence-corrected chi connectivity index (χ1v) is 4.39. The first kappa shape index (κ1) is 7.83. The summed E-state index contributed by atoms with van der Waals surface area (Å²) < 4.78 is 4.71. The maximum absolute atomic E-state index is 8.59. The van der Waals surface area contributed by atoms with Crippen LogP contribution >= 0.6 is 11.3 Å². The van der Waals surface area contributed by atoms with Gasteiger partial charge in [-0.1, -0.05) is 5.16 Å². The SMILES string of the molecule is N#Cc1csc(-c2cc(N)on2)c1. The number of nitrogens with zero attached hydrogens (tertiary/aromatic N) is 2. The molecule has 64 valence electrons. The highest BCUT2D eigenvalue weighted by Crippen LogP contribution is 2.26. The number of nitriles is 1. The van der Waals surface area contributed by atoms with E-state index >= 15 is 0 Å². The number of thiophene rings is 1. The molecule has 13 heavy (non-hydrogen) atoms. The van der Waals surface area contributed by atoms with E-state index in [2.05, 4.69) is 5.16 Å². The van der Waals surface area contributed by atoms with E-state index in [9.17, 15) is 0 Å². The minimum Gasteiger partial charge on any atom is -0.368 e. The molecule has 0 aromatic carbocycles. The summed E-state index contributed by atoms with van der Waals surface area (Å²) in [6.07, 6.45) is 0. The Bertz CT molecular complexity index is 466. The molecule has 0 unspecified atom stereocenters. The van der Waals surface area contributed by atoms with Crippen LogP contribution in [0.5, 0.6) is 0 Å². The van der Waals surface area contributed by atoms with E-state index in [1.807, 2.05) is 6.07 Å². The van der Waals surface area contributed by atoms with Crippen LogP contribution in [-0.2, 0) is 0 Å². The highest BCUT2D eigenvalue weighted by atomic mass is 32.1. The van der Waals surface area contributed by atoms with Gasteiger partial charge in [-0.25, -0.2) is 0 Å². The van der Waals surface area contributed by atoms with E-state index in [4.69, 9.17) is 15.5 Å². The fraction of sp³-hybridized carbons (Fsp3) is 0. The second-order valence-electron chi connectivity index (χ2n) is 2.43. The molecule has 0 radical (unpaired) electrons. The lowest BCUT2D eigenvalue weighted by molar-refractivity contribution is 0.439. The molecular weight excluding hydrogens is 186 g/mol. The van der Waals surface area contributed by atoms with Gasteiger partial charge in [0.05, 0.1) is 10.4 Å². The van der Waals surface area contributed by atoms with Gasteiger partial charge >= 0.3 is 0 Å².